The molecule has 0 amide bonds. The molecule has 1 saturated heterocycles. The lowest BCUT2D eigenvalue weighted by atomic mass is 9.71. The fraction of sp³-hybridized carbons (Fsp3) is 0.348. The van der Waals surface area contributed by atoms with Crippen LogP contribution in [0, 0.1) is 0 Å². The molecule has 31 heavy (non-hydrogen) atoms. The standard InChI is InChI=1S/C23H23NO7/c1-13(2)30-19-11-14-10-17(20(25)28-4)23(21(26)29-5)22(31-23,15-6-8-24-9-7-15)16(14)12-18(19)27-3/h6-13H,1-5H3. The minimum absolute atomic E-state index is 0.0480. The molecule has 2 aromatic rings. The van der Waals surface area contributed by atoms with Crippen molar-refractivity contribution < 1.29 is 33.3 Å². The smallest absolute Gasteiger partial charge is 0.347 e. The van der Waals surface area contributed by atoms with Crippen molar-refractivity contribution in [2.45, 2.75) is 31.2 Å². The van der Waals surface area contributed by atoms with E-state index in [-0.39, 0.29) is 11.7 Å². The summed E-state index contributed by atoms with van der Waals surface area (Å²) >= 11 is 0. The van der Waals surface area contributed by atoms with Crippen LogP contribution in [0.2, 0.25) is 0 Å². The second kappa shape index (κ2) is 7.39. The Morgan fingerprint density at radius 1 is 1.03 bits per heavy atom. The van der Waals surface area contributed by atoms with Crippen LogP contribution in [0.4, 0.5) is 0 Å². The third-order valence-electron chi connectivity index (χ3n) is 5.48. The van der Waals surface area contributed by atoms with Crippen molar-refractivity contribution in [2.75, 3.05) is 21.3 Å². The van der Waals surface area contributed by atoms with Crippen LogP contribution in [0.3, 0.4) is 0 Å². The zero-order valence-electron chi connectivity index (χ0n) is 17.9. The number of hydrogen-bond acceptors (Lipinski definition) is 8. The quantitative estimate of drug-likeness (QED) is 0.515. The maximum Gasteiger partial charge on any atom is 0.347 e. The van der Waals surface area contributed by atoms with Crippen molar-refractivity contribution in [1.29, 1.82) is 0 Å². The first kappa shape index (κ1) is 20.9. The molecule has 1 aliphatic carbocycles. The Morgan fingerprint density at radius 3 is 2.32 bits per heavy atom. The van der Waals surface area contributed by atoms with Gasteiger partial charge in [0, 0.05) is 18.0 Å². The van der Waals surface area contributed by atoms with E-state index in [4.69, 9.17) is 23.7 Å². The molecule has 2 atom stereocenters. The van der Waals surface area contributed by atoms with Crippen LogP contribution in [-0.2, 0) is 29.4 Å². The van der Waals surface area contributed by atoms with Crippen LogP contribution in [0.5, 0.6) is 11.5 Å². The van der Waals surface area contributed by atoms with Gasteiger partial charge in [-0.3, -0.25) is 4.98 Å². The first-order valence-corrected chi connectivity index (χ1v) is 9.74. The number of nitrogens with zero attached hydrogens (tertiary/aromatic N) is 1. The Hall–Kier alpha value is -3.39. The Morgan fingerprint density at radius 2 is 1.74 bits per heavy atom. The summed E-state index contributed by atoms with van der Waals surface area (Å²) in [6.07, 6.45) is 4.67. The lowest BCUT2D eigenvalue weighted by Crippen LogP contribution is -2.41. The normalized spacial score (nSPS) is 23.2. The van der Waals surface area contributed by atoms with E-state index in [0.29, 0.717) is 28.2 Å². The summed E-state index contributed by atoms with van der Waals surface area (Å²) in [6.45, 7) is 3.80. The molecule has 2 unspecified atom stereocenters. The van der Waals surface area contributed by atoms with Gasteiger partial charge in [0.1, 0.15) is 0 Å². The van der Waals surface area contributed by atoms with Gasteiger partial charge < -0.3 is 23.7 Å². The number of carbonyl (C=O) groups excluding carboxylic acids is 2. The van der Waals surface area contributed by atoms with E-state index in [1.54, 1.807) is 42.7 Å². The van der Waals surface area contributed by atoms with Crippen LogP contribution < -0.4 is 9.47 Å². The van der Waals surface area contributed by atoms with Gasteiger partial charge in [-0.05, 0) is 55.3 Å². The zero-order chi connectivity index (χ0) is 22.4. The van der Waals surface area contributed by atoms with Gasteiger partial charge in [0.05, 0.1) is 33.0 Å². The summed E-state index contributed by atoms with van der Waals surface area (Å²) in [6, 6.07) is 7.00. The van der Waals surface area contributed by atoms with Gasteiger partial charge in [0.15, 0.2) is 17.1 Å². The Kier molecular flexibility index (Phi) is 4.97. The second-order valence-electron chi connectivity index (χ2n) is 7.50. The van der Waals surface area contributed by atoms with Crippen LogP contribution in [0.1, 0.15) is 30.5 Å². The van der Waals surface area contributed by atoms with Gasteiger partial charge in [-0.1, -0.05) is 0 Å². The summed E-state index contributed by atoms with van der Waals surface area (Å²) < 4.78 is 27.7. The van der Waals surface area contributed by atoms with E-state index in [1.807, 2.05) is 13.8 Å². The summed E-state index contributed by atoms with van der Waals surface area (Å²) in [5.41, 5.74) is -1.01. The van der Waals surface area contributed by atoms with E-state index in [2.05, 4.69) is 4.98 Å². The molecule has 0 radical (unpaired) electrons. The predicted molar refractivity (Wildman–Crippen MR) is 110 cm³/mol. The van der Waals surface area contributed by atoms with E-state index in [0.717, 1.165) is 0 Å². The van der Waals surface area contributed by atoms with Crippen molar-refractivity contribution >= 4 is 18.0 Å². The van der Waals surface area contributed by atoms with E-state index in [1.165, 1.54) is 21.3 Å². The number of esters is 2. The number of carbonyl (C=O) groups is 2. The van der Waals surface area contributed by atoms with Crippen molar-refractivity contribution in [1.82, 2.24) is 4.98 Å². The lowest BCUT2D eigenvalue weighted by molar-refractivity contribution is -0.148. The highest BCUT2D eigenvalue weighted by Gasteiger charge is 2.82. The molecule has 0 saturated carbocycles. The number of fused-ring (bicyclic) bond motifs is 3. The summed E-state index contributed by atoms with van der Waals surface area (Å²) in [5.74, 6) is -0.403. The van der Waals surface area contributed by atoms with Crippen molar-refractivity contribution in [3.05, 3.63) is 58.9 Å². The highest BCUT2D eigenvalue weighted by atomic mass is 16.7. The highest BCUT2D eigenvalue weighted by Crippen LogP contribution is 2.67. The van der Waals surface area contributed by atoms with Gasteiger partial charge in [-0.25, -0.2) is 9.59 Å². The molecule has 1 aromatic carbocycles. The molecular weight excluding hydrogens is 402 g/mol. The molecule has 2 heterocycles. The molecule has 0 N–H and O–H groups in total. The molecular formula is C23H23NO7. The van der Waals surface area contributed by atoms with Gasteiger partial charge in [-0.2, -0.15) is 0 Å². The average molecular weight is 425 g/mol. The SMILES string of the molecule is COC(=O)C1=Cc2cc(OC(C)C)c(OC)cc2C2(c3ccncc3)OC12C(=O)OC. The van der Waals surface area contributed by atoms with Crippen LogP contribution in [0.15, 0.2) is 42.2 Å². The number of pyridine rings is 1. The van der Waals surface area contributed by atoms with E-state index in [9.17, 15) is 9.59 Å². The van der Waals surface area contributed by atoms with Gasteiger partial charge in [-0.15, -0.1) is 0 Å². The topological polar surface area (TPSA) is 96.5 Å². The molecule has 162 valence electrons. The summed E-state index contributed by atoms with van der Waals surface area (Å²) in [4.78, 5) is 29.9. The molecule has 8 heteroatoms. The fourth-order valence-electron chi connectivity index (χ4n) is 4.21. The van der Waals surface area contributed by atoms with Crippen LogP contribution in [-0.4, -0.2) is 50.0 Å². The summed E-state index contributed by atoms with van der Waals surface area (Å²) in [7, 11) is 4.04. The largest absolute Gasteiger partial charge is 0.493 e. The molecule has 1 fully saturated rings. The first-order valence-electron chi connectivity index (χ1n) is 9.74. The second-order valence-corrected chi connectivity index (χ2v) is 7.50. The van der Waals surface area contributed by atoms with E-state index < -0.39 is 23.1 Å². The van der Waals surface area contributed by atoms with Gasteiger partial charge in [0.2, 0.25) is 5.60 Å². The Bertz CT molecular complexity index is 1080. The number of rotatable bonds is 6. The number of epoxide rings is 1. The molecule has 0 bridgehead atoms. The minimum atomic E-state index is -1.69. The number of aromatic nitrogens is 1. The third-order valence-corrected chi connectivity index (χ3v) is 5.48. The van der Waals surface area contributed by atoms with Gasteiger partial charge in [0.25, 0.3) is 0 Å². The van der Waals surface area contributed by atoms with Crippen LogP contribution >= 0.6 is 0 Å². The molecule has 1 aliphatic heterocycles. The van der Waals surface area contributed by atoms with E-state index >= 15 is 0 Å². The maximum atomic E-state index is 13.0. The predicted octanol–water partition coefficient (Wildman–Crippen LogP) is 2.63. The minimum Gasteiger partial charge on any atom is -0.493 e. The number of ether oxygens (including phenoxy) is 5. The highest BCUT2D eigenvalue weighted by molar-refractivity contribution is 6.09. The Labute approximate surface area is 179 Å². The number of benzene rings is 1. The van der Waals surface area contributed by atoms with Crippen molar-refractivity contribution in [3.8, 4) is 11.5 Å². The zero-order valence-corrected chi connectivity index (χ0v) is 17.9. The average Bonchev–Trinajstić information content (AvgIpc) is 3.50. The molecule has 4 rings (SSSR count). The molecule has 8 nitrogen and oxygen atoms in total. The molecule has 1 aromatic heterocycles. The maximum absolute atomic E-state index is 13.0. The van der Waals surface area contributed by atoms with Crippen molar-refractivity contribution in [3.63, 3.8) is 0 Å². The Balaban J connectivity index is 2.05. The number of methoxy groups -OCH3 is 3. The lowest BCUT2D eigenvalue weighted by Gasteiger charge is -2.27. The third kappa shape index (κ3) is 2.82. The van der Waals surface area contributed by atoms with Crippen LogP contribution in [0.25, 0.3) is 6.08 Å². The number of hydrogen-bond donors (Lipinski definition) is 0. The summed E-state index contributed by atoms with van der Waals surface area (Å²) in [5, 5.41) is 0. The molecule has 2 aliphatic rings. The van der Waals surface area contributed by atoms with Crippen molar-refractivity contribution in [2.24, 2.45) is 0 Å². The van der Waals surface area contributed by atoms with Gasteiger partial charge >= 0.3 is 11.9 Å². The first-order chi connectivity index (χ1) is 14.8. The molecule has 0 spiro atoms. The monoisotopic (exact) mass is 425 g/mol. The fourth-order valence-corrected chi connectivity index (χ4v) is 4.21.